The van der Waals surface area contributed by atoms with Gasteiger partial charge in [0.25, 0.3) is 0 Å². The van der Waals surface area contributed by atoms with E-state index in [1.54, 1.807) is 0 Å². The van der Waals surface area contributed by atoms with Crippen molar-refractivity contribution in [3.8, 4) is 0 Å². The Morgan fingerprint density at radius 2 is 2.06 bits per heavy atom. The second-order valence-electron chi connectivity index (χ2n) is 3.82. The van der Waals surface area contributed by atoms with E-state index in [2.05, 4.69) is 29.0 Å². The predicted octanol–water partition coefficient (Wildman–Crippen LogP) is 2.74. The Bertz CT molecular complexity index is 491. The van der Waals surface area contributed by atoms with Gasteiger partial charge in [-0.1, -0.05) is 35.9 Å². The number of hydrogen-bond donors (Lipinski definition) is 2. The first kappa shape index (κ1) is 11.0. The molecule has 1 heterocycles. The van der Waals surface area contributed by atoms with E-state index in [1.165, 1.54) is 11.1 Å². The Hall–Kier alpha value is -1.48. The molecular formula is C12H14ClN3. The van der Waals surface area contributed by atoms with Gasteiger partial charge in [0, 0.05) is 0 Å². The number of nitrogens with zero attached hydrogens (tertiary/aromatic N) is 1. The lowest BCUT2D eigenvalue weighted by molar-refractivity contribution is 0.918. The van der Waals surface area contributed by atoms with Crippen LogP contribution >= 0.6 is 11.6 Å². The Morgan fingerprint density at radius 1 is 1.31 bits per heavy atom. The third-order valence-electron chi connectivity index (χ3n) is 2.65. The molecule has 0 atom stereocenters. The number of hydrogen-bond acceptors (Lipinski definition) is 2. The van der Waals surface area contributed by atoms with Crippen LogP contribution in [0.5, 0.6) is 0 Å². The summed E-state index contributed by atoms with van der Waals surface area (Å²) in [6.07, 6.45) is 1.77. The fourth-order valence-electron chi connectivity index (χ4n) is 1.72. The monoisotopic (exact) mass is 235 g/mol. The first-order chi connectivity index (χ1) is 7.66. The predicted molar refractivity (Wildman–Crippen MR) is 66.6 cm³/mol. The summed E-state index contributed by atoms with van der Waals surface area (Å²) in [5.41, 5.74) is 9.06. The molecule has 0 unspecified atom stereocenters. The number of nitrogens with two attached hydrogens (primary N) is 1. The lowest BCUT2D eigenvalue weighted by atomic mass is 10.0. The molecule has 0 fully saturated rings. The fourth-order valence-corrected chi connectivity index (χ4v) is 1.96. The third kappa shape index (κ3) is 2.36. The van der Waals surface area contributed by atoms with E-state index in [0.29, 0.717) is 11.1 Å². The van der Waals surface area contributed by atoms with Gasteiger partial charge in [-0.25, -0.2) is 4.98 Å². The fraction of sp³-hybridized carbons (Fsp3) is 0.250. The van der Waals surface area contributed by atoms with Crippen molar-refractivity contribution < 1.29 is 0 Å². The third-order valence-corrected chi connectivity index (χ3v) is 2.96. The van der Waals surface area contributed by atoms with Gasteiger partial charge in [-0.3, -0.25) is 0 Å². The molecule has 0 aliphatic carbocycles. The van der Waals surface area contributed by atoms with Crippen LogP contribution in [0.3, 0.4) is 0 Å². The highest BCUT2D eigenvalue weighted by atomic mass is 35.5. The summed E-state index contributed by atoms with van der Waals surface area (Å²) in [6.45, 7) is 2.11. The van der Waals surface area contributed by atoms with Gasteiger partial charge in [0.2, 0.25) is 0 Å². The number of aromatic nitrogens is 2. The van der Waals surface area contributed by atoms with E-state index in [9.17, 15) is 0 Å². The number of H-pyrrole nitrogens is 1. The maximum atomic E-state index is 5.93. The summed E-state index contributed by atoms with van der Waals surface area (Å²) in [5, 5.41) is 0.478. The molecule has 0 saturated heterocycles. The Labute approximate surface area is 99.7 Å². The first-order valence-corrected chi connectivity index (χ1v) is 5.59. The molecule has 0 amide bonds. The molecule has 0 saturated carbocycles. The van der Waals surface area contributed by atoms with Crippen LogP contribution in [0.2, 0.25) is 5.15 Å². The van der Waals surface area contributed by atoms with E-state index in [4.69, 9.17) is 17.3 Å². The van der Waals surface area contributed by atoms with E-state index in [0.717, 1.165) is 18.5 Å². The topological polar surface area (TPSA) is 54.7 Å². The average molecular weight is 236 g/mol. The molecule has 0 spiro atoms. The van der Waals surface area contributed by atoms with Gasteiger partial charge in [-0.15, -0.1) is 0 Å². The van der Waals surface area contributed by atoms with Gasteiger partial charge in [0.15, 0.2) is 11.1 Å². The molecule has 0 aliphatic rings. The summed E-state index contributed by atoms with van der Waals surface area (Å²) in [7, 11) is 0. The van der Waals surface area contributed by atoms with Crippen LogP contribution in [-0.4, -0.2) is 9.97 Å². The van der Waals surface area contributed by atoms with Gasteiger partial charge in [0.1, 0.15) is 0 Å². The van der Waals surface area contributed by atoms with Crippen LogP contribution < -0.4 is 5.73 Å². The summed E-state index contributed by atoms with van der Waals surface area (Å²) in [5.74, 6) is 0.379. The number of halogens is 1. The molecule has 16 heavy (non-hydrogen) atoms. The number of rotatable bonds is 3. The molecule has 1 aromatic heterocycles. The molecule has 2 aromatic rings. The van der Waals surface area contributed by atoms with Crippen LogP contribution in [0.25, 0.3) is 0 Å². The molecule has 3 nitrogen and oxygen atoms in total. The minimum Gasteiger partial charge on any atom is -0.369 e. The molecule has 84 valence electrons. The molecule has 1 aromatic carbocycles. The summed E-state index contributed by atoms with van der Waals surface area (Å²) >= 11 is 5.93. The van der Waals surface area contributed by atoms with Gasteiger partial charge in [0.05, 0.1) is 5.69 Å². The highest BCUT2D eigenvalue weighted by Crippen LogP contribution is 2.17. The highest BCUT2D eigenvalue weighted by molar-refractivity contribution is 6.30. The van der Waals surface area contributed by atoms with Gasteiger partial charge in [-0.05, 0) is 30.9 Å². The van der Waals surface area contributed by atoms with Crippen LogP contribution in [0.4, 0.5) is 5.95 Å². The van der Waals surface area contributed by atoms with Crippen molar-refractivity contribution >= 4 is 17.5 Å². The van der Waals surface area contributed by atoms with E-state index in [1.807, 2.05) is 12.1 Å². The van der Waals surface area contributed by atoms with Crippen LogP contribution in [-0.2, 0) is 12.8 Å². The minimum atomic E-state index is 0.379. The standard InChI is InChI=1S/C12H14ClN3/c1-8-4-2-3-5-9(8)6-7-10-11(13)16-12(14)15-10/h2-5H,6-7H2,1H3,(H3,14,15,16). The number of aromatic amines is 1. The zero-order valence-electron chi connectivity index (χ0n) is 9.13. The SMILES string of the molecule is Cc1ccccc1CCc1[nH]c(N)nc1Cl. The second-order valence-corrected chi connectivity index (χ2v) is 4.18. The first-order valence-electron chi connectivity index (χ1n) is 5.21. The van der Waals surface area contributed by atoms with Gasteiger partial charge < -0.3 is 10.7 Å². The van der Waals surface area contributed by atoms with Crippen molar-refractivity contribution in [2.45, 2.75) is 19.8 Å². The smallest absolute Gasteiger partial charge is 0.199 e. The largest absolute Gasteiger partial charge is 0.369 e. The molecule has 0 aliphatic heterocycles. The van der Waals surface area contributed by atoms with Gasteiger partial charge >= 0.3 is 0 Å². The maximum absolute atomic E-state index is 5.93. The minimum absolute atomic E-state index is 0.379. The molecule has 2 rings (SSSR count). The number of aryl methyl sites for hydroxylation is 3. The van der Waals surface area contributed by atoms with Crippen LogP contribution in [0.1, 0.15) is 16.8 Å². The van der Waals surface area contributed by atoms with E-state index >= 15 is 0 Å². The van der Waals surface area contributed by atoms with Crippen molar-refractivity contribution in [2.75, 3.05) is 5.73 Å². The zero-order valence-corrected chi connectivity index (χ0v) is 9.88. The van der Waals surface area contributed by atoms with Crippen molar-refractivity contribution in [3.05, 3.63) is 46.2 Å². The number of imidazole rings is 1. The lowest BCUT2D eigenvalue weighted by Crippen LogP contribution is -1.95. The normalized spacial score (nSPS) is 10.6. The average Bonchev–Trinajstić information content (AvgIpc) is 2.56. The van der Waals surface area contributed by atoms with Crippen LogP contribution in [0, 0.1) is 6.92 Å². The van der Waals surface area contributed by atoms with E-state index in [-0.39, 0.29) is 0 Å². The van der Waals surface area contributed by atoms with Gasteiger partial charge in [-0.2, -0.15) is 0 Å². The maximum Gasteiger partial charge on any atom is 0.199 e. The molecular weight excluding hydrogens is 222 g/mol. The number of anilines is 1. The summed E-state index contributed by atoms with van der Waals surface area (Å²) in [4.78, 5) is 6.90. The number of benzene rings is 1. The molecule has 0 radical (unpaired) electrons. The van der Waals surface area contributed by atoms with Crippen molar-refractivity contribution in [1.82, 2.24) is 9.97 Å². The zero-order chi connectivity index (χ0) is 11.5. The second kappa shape index (κ2) is 4.58. The summed E-state index contributed by atoms with van der Waals surface area (Å²) in [6, 6.07) is 8.33. The molecule has 0 bridgehead atoms. The Balaban J connectivity index is 2.08. The van der Waals surface area contributed by atoms with Crippen molar-refractivity contribution in [3.63, 3.8) is 0 Å². The quantitative estimate of drug-likeness (QED) is 0.860. The number of nitrogen functional groups attached to an aromatic ring is 1. The van der Waals surface area contributed by atoms with Crippen LogP contribution in [0.15, 0.2) is 24.3 Å². The molecule has 4 heteroatoms. The Morgan fingerprint density at radius 3 is 2.69 bits per heavy atom. The lowest BCUT2D eigenvalue weighted by Gasteiger charge is -2.04. The molecule has 3 N–H and O–H groups in total. The highest BCUT2D eigenvalue weighted by Gasteiger charge is 2.06. The summed E-state index contributed by atoms with van der Waals surface area (Å²) < 4.78 is 0. The number of nitrogens with one attached hydrogen (secondary N) is 1. The van der Waals surface area contributed by atoms with E-state index < -0.39 is 0 Å². The van der Waals surface area contributed by atoms with Crippen molar-refractivity contribution in [2.24, 2.45) is 0 Å². The Kier molecular flexibility index (Phi) is 3.15. The van der Waals surface area contributed by atoms with Crippen molar-refractivity contribution in [1.29, 1.82) is 0 Å².